The zero-order valence-corrected chi connectivity index (χ0v) is 19.4. The highest BCUT2D eigenvalue weighted by atomic mass is 16.8. The Morgan fingerprint density at radius 3 is 1.13 bits per heavy atom. The molecule has 5 rings (SSSR count). The van der Waals surface area contributed by atoms with Gasteiger partial charge in [0.1, 0.15) is 36.6 Å². The predicted octanol–water partition coefficient (Wildman–Crippen LogP) is 3.37. The minimum Gasteiger partial charge on any atom is -0.387 e. The van der Waals surface area contributed by atoms with Crippen molar-refractivity contribution in [2.45, 2.75) is 128 Å². The van der Waals surface area contributed by atoms with E-state index < -0.39 is 48.2 Å². The van der Waals surface area contributed by atoms with E-state index >= 15 is 0 Å². The first kappa shape index (κ1) is 21.6. The van der Waals surface area contributed by atoms with Crippen molar-refractivity contribution in [2.75, 3.05) is 0 Å². The molecule has 5 aliphatic rings. The first-order chi connectivity index (χ1) is 13.8. The zero-order valence-electron chi connectivity index (χ0n) is 19.4. The highest BCUT2D eigenvalue weighted by Crippen LogP contribution is 2.56. The second-order valence-corrected chi connectivity index (χ2v) is 12.8. The van der Waals surface area contributed by atoms with Crippen LogP contribution in [0.2, 0.25) is 0 Å². The van der Waals surface area contributed by atoms with E-state index in [4.69, 9.17) is 18.9 Å². The number of aliphatic hydroxyl groups is 2. The van der Waals surface area contributed by atoms with Crippen LogP contribution >= 0.6 is 0 Å². The Morgan fingerprint density at radius 2 is 0.867 bits per heavy atom. The molecular weight excluding hydrogens is 384 g/mol. The van der Waals surface area contributed by atoms with Gasteiger partial charge in [-0.25, -0.2) is 0 Å². The third kappa shape index (κ3) is 3.46. The van der Waals surface area contributed by atoms with Crippen LogP contribution in [-0.2, 0) is 18.9 Å². The lowest BCUT2D eigenvalue weighted by atomic mass is 9.70. The van der Waals surface area contributed by atoms with Crippen molar-refractivity contribution in [3.8, 4) is 0 Å². The van der Waals surface area contributed by atoms with Crippen molar-refractivity contribution in [2.24, 2.45) is 22.7 Å². The van der Waals surface area contributed by atoms with E-state index in [-0.39, 0.29) is 10.8 Å². The fraction of sp³-hybridized carbons (Fsp3) is 1.00. The second kappa shape index (κ2) is 6.64. The number of ether oxygens (including phenoxy) is 4. The number of hydrogen-bond donors (Lipinski definition) is 2. The van der Waals surface area contributed by atoms with Gasteiger partial charge in [-0.05, 0) is 35.5 Å². The first-order valence-corrected chi connectivity index (χ1v) is 11.9. The summed E-state index contributed by atoms with van der Waals surface area (Å²) in [7, 11) is 0. The molecule has 7 unspecified atom stereocenters. The van der Waals surface area contributed by atoms with Crippen LogP contribution in [0.15, 0.2) is 0 Å². The molecule has 2 spiro atoms. The van der Waals surface area contributed by atoms with Crippen LogP contribution in [0.3, 0.4) is 0 Å². The summed E-state index contributed by atoms with van der Waals surface area (Å²) in [6.45, 7) is 13.4. The maximum Gasteiger partial charge on any atom is 0.170 e. The van der Waals surface area contributed by atoms with Gasteiger partial charge in [0.15, 0.2) is 11.6 Å². The maximum absolute atomic E-state index is 11.3. The maximum atomic E-state index is 11.3. The molecule has 2 aliphatic heterocycles. The van der Waals surface area contributed by atoms with Gasteiger partial charge in [-0.1, -0.05) is 41.5 Å². The van der Waals surface area contributed by atoms with Crippen molar-refractivity contribution in [3.05, 3.63) is 0 Å². The van der Waals surface area contributed by atoms with E-state index in [1.807, 2.05) is 0 Å². The average molecular weight is 425 g/mol. The molecule has 0 amide bonds. The molecule has 172 valence electrons. The number of fused-ring (bicyclic) bond motifs is 2. The Labute approximate surface area is 180 Å². The van der Waals surface area contributed by atoms with Crippen molar-refractivity contribution in [3.63, 3.8) is 0 Å². The third-order valence-electron chi connectivity index (χ3n) is 8.01. The summed E-state index contributed by atoms with van der Waals surface area (Å²) in [6.07, 6.45) is 1.25. The van der Waals surface area contributed by atoms with Crippen molar-refractivity contribution in [1.29, 1.82) is 0 Å². The fourth-order valence-electron chi connectivity index (χ4n) is 7.94. The van der Waals surface area contributed by atoms with Crippen LogP contribution < -0.4 is 0 Å². The molecule has 2 heterocycles. The number of rotatable bonds is 0. The number of aliphatic hydroxyl groups excluding tert-OH is 2. The molecular formula is C24H40O6. The largest absolute Gasteiger partial charge is 0.387 e. The molecule has 0 aromatic carbocycles. The number of hydrogen-bond acceptors (Lipinski definition) is 6. The van der Waals surface area contributed by atoms with Crippen LogP contribution in [0.5, 0.6) is 0 Å². The summed E-state index contributed by atoms with van der Waals surface area (Å²) < 4.78 is 25.8. The Morgan fingerprint density at radius 1 is 0.567 bits per heavy atom. The molecule has 0 aromatic heterocycles. The summed E-state index contributed by atoms with van der Waals surface area (Å²) in [4.78, 5) is 0. The molecule has 6 heteroatoms. The topological polar surface area (TPSA) is 77.4 Å². The predicted molar refractivity (Wildman–Crippen MR) is 111 cm³/mol. The lowest BCUT2D eigenvalue weighted by Gasteiger charge is -2.45. The van der Waals surface area contributed by atoms with Crippen LogP contribution in [0.25, 0.3) is 0 Å². The normalized spacial score (nSPS) is 56.8. The first-order valence-electron chi connectivity index (χ1n) is 11.9. The fourth-order valence-corrected chi connectivity index (χ4v) is 7.94. The van der Waals surface area contributed by atoms with Gasteiger partial charge >= 0.3 is 0 Å². The van der Waals surface area contributed by atoms with E-state index in [9.17, 15) is 10.2 Å². The third-order valence-corrected chi connectivity index (χ3v) is 8.01. The second-order valence-electron chi connectivity index (χ2n) is 12.8. The lowest BCUT2D eigenvalue weighted by Crippen LogP contribution is -2.61. The molecule has 2 saturated heterocycles. The van der Waals surface area contributed by atoms with Crippen LogP contribution in [0.1, 0.15) is 80.1 Å². The van der Waals surface area contributed by atoms with Crippen LogP contribution in [-0.4, -0.2) is 58.4 Å². The highest BCUT2D eigenvalue weighted by Gasteiger charge is 2.67. The van der Waals surface area contributed by atoms with Crippen LogP contribution in [0, 0.1) is 22.7 Å². The molecule has 0 aromatic rings. The van der Waals surface area contributed by atoms with E-state index in [2.05, 4.69) is 41.5 Å². The van der Waals surface area contributed by atoms with E-state index in [1.165, 1.54) is 0 Å². The van der Waals surface area contributed by atoms with Gasteiger partial charge < -0.3 is 29.2 Å². The molecule has 3 saturated carbocycles. The summed E-state index contributed by atoms with van der Waals surface area (Å²) in [5, 5.41) is 22.5. The molecule has 6 nitrogen and oxygen atoms in total. The lowest BCUT2D eigenvalue weighted by molar-refractivity contribution is -0.247. The molecule has 30 heavy (non-hydrogen) atoms. The molecule has 2 N–H and O–H groups in total. The molecule has 0 radical (unpaired) electrons. The minimum absolute atomic E-state index is 0.0951. The van der Waals surface area contributed by atoms with E-state index in [0.29, 0.717) is 11.8 Å². The zero-order chi connectivity index (χ0) is 21.7. The summed E-state index contributed by atoms with van der Waals surface area (Å²) in [5.41, 5.74) is 0.190. The van der Waals surface area contributed by atoms with Gasteiger partial charge in [-0.3, -0.25) is 0 Å². The van der Waals surface area contributed by atoms with E-state index in [1.54, 1.807) is 0 Å². The Bertz CT molecular complexity index is 607. The monoisotopic (exact) mass is 424 g/mol. The Kier molecular flexibility index (Phi) is 4.78. The van der Waals surface area contributed by atoms with Gasteiger partial charge in [0.25, 0.3) is 0 Å². The van der Waals surface area contributed by atoms with Crippen molar-refractivity contribution < 1.29 is 29.2 Å². The summed E-state index contributed by atoms with van der Waals surface area (Å²) >= 11 is 0. The van der Waals surface area contributed by atoms with Crippen molar-refractivity contribution in [1.82, 2.24) is 0 Å². The van der Waals surface area contributed by atoms with Gasteiger partial charge in [0.05, 0.1) is 0 Å². The van der Waals surface area contributed by atoms with Gasteiger partial charge in [-0.15, -0.1) is 0 Å². The molecule has 0 bridgehead atoms. The minimum atomic E-state index is -0.872. The van der Waals surface area contributed by atoms with Crippen molar-refractivity contribution >= 4 is 0 Å². The highest BCUT2D eigenvalue weighted by molar-refractivity contribution is 5.11. The Hall–Kier alpha value is -0.240. The molecule has 10 atom stereocenters. The average Bonchev–Trinajstić information content (AvgIpc) is 3.08. The van der Waals surface area contributed by atoms with Crippen LogP contribution in [0.4, 0.5) is 0 Å². The Balaban J connectivity index is 1.38. The molecule has 3 aliphatic carbocycles. The quantitative estimate of drug-likeness (QED) is 0.621. The summed E-state index contributed by atoms with van der Waals surface area (Å²) in [6, 6.07) is 0. The SMILES string of the molecule is CC1CC(C)(C)CC2(C1)OC1C(O)[C@@H]3OC4(CC(C)CC(C)(C)C4)O[C@H]3C(O)[C@@H]1O2. The van der Waals surface area contributed by atoms with Gasteiger partial charge in [-0.2, -0.15) is 0 Å². The van der Waals surface area contributed by atoms with E-state index in [0.717, 1.165) is 38.5 Å². The van der Waals surface area contributed by atoms with Gasteiger partial charge in [0.2, 0.25) is 0 Å². The standard InChI is InChI=1S/C24H40O6/c1-13-7-21(3,4)11-23(9-13)27-17-15(25)19-20(16(26)18(17)28-23)30-24(29-19)10-14(2)8-22(5,6)12-24/h13-20,25-26H,7-12H2,1-6H3/t13?,14?,15?,16?,17-,18-,19-,20?,23?,24?/m0/s1. The smallest absolute Gasteiger partial charge is 0.170 e. The van der Waals surface area contributed by atoms with Gasteiger partial charge in [0, 0.05) is 25.7 Å². The molecule has 5 fully saturated rings. The summed E-state index contributed by atoms with van der Waals surface area (Å²) in [5.74, 6) is -0.555.